The summed E-state index contributed by atoms with van der Waals surface area (Å²) in [4.78, 5) is 0. The number of hydrogen-bond donors (Lipinski definition) is 1. The first-order chi connectivity index (χ1) is 5.73. The van der Waals surface area contributed by atoms with Crippen LogP contribution in [0, 0.1) is 0 Å². The van der Waals surface area contributed by atoms with Crippen LogP contribution >= 0.6 is 0 Å². The van der Waals surface area contributed by atoms with Crippen molar-refractivity contribution in [3.63, 3.8) is 0 Å². The Morgan fingerprint density at radius 2 is 2.31 bits per heavy atom. The van der Waals surface area contributed by atoms with Crippen molar-refractivity contribution in [1.82, 2.24) is 0 Å². The summed E-state index contributed by atoms with van der Waals surface area (Å²) in [7, 11) is 1.62. The van der Waals surface area contributed by atoms with Gasteiger partial charge in [-0.1, -0.05) is 7.43 Å². The molecular weight excluding hydrogens is 172 g/mol. The smallest absolute Gasteiger partial charge is 0.143 e. The number of fused-ring (bicyclic) bond motifs is 2. The van der Waals surface area contributed by atoms with Crippen molar-refractivity contribution >= 4 is 0 Å². The lowest BCUT2D eigenvalue weighted by Gasteiger charge is -2.27. The molecule has 2 heterocycles. The van der Waals surface area contributed by atoms with Crippen molar-refractivity contribution in [2.24, 2.45) is 0 Å². The highest BCUT2D eigenvalue weighted by Gasteiger charge is 2.60. The molecule has 2 fully saturated rings. The zero-order valence-electron chi connectivity index (χ0n) is 7.32. The summed E-state index contributed by atoms with van der Waals surface area (Å²) in [6.45, 7) is 2.34. The fourth-order valence-corrected chi connectivity index (χ4v) is 2.15. The van der Waals surface area contributed by atoms with E-state index in [4.69, 9.17) is 14.2 Å². The first-order valence-electron chi connectivity index (χ1n) is 4.16. The van der Waals surface area contributed by atoms with Crippen LogP contribution in [0.15, 0.2) is 0 Å². The molecule has 0 aromatic rings. The van der Waals surface area contributed by atoms with Crippen LogP contribution in [0.3, 0.4) is 0 Å². The van der Waals surface area contributed by atoms with Gasteiger partial charge in [-0.2, -0.15) is 0 Å². The zero-order chi connectivity index (χ0) is 8.77. The fraction of sp³-hybridized carbons (Fsp3) is 1.00. The summed E-state index contributed by atoms with van der Waals surface area (Å²) in [5.74, 6) is 0. The fourth-order valence-electron chi connectivity index (χ4n) is 2.15. The summed E-state index contributed by atoms with van der Waals surface area (Å²) in [6, 6.07) is 0. The minimum Gasteiger partial charge on any atom is -0.393 e. The molecule has 0 aliphatic carbocycles. The van der Waals surface area contributed by atoms with E-state index in [9.17, 15) is 5.11 Å². The molecule has 1 N–H and O–H groups in total. The maximum absolute atomic E-state index is 9.18. The van der Waals surface area contributed by atoms with Gasteiger partial charge in [-0.15, -0.1) is 0 Å². The van der Waals surface area contributed by atoms with Gasteiger partial charge in [0.15, 0.2) is 0 Å². The van der Waals surface area contributed by atoms with Crippen LogP contribution in [0.2, 0.25) is 0 Å². The Morgan fingerprint density at radius 1 is 1.62 bits per heavy atom. The van der Waals surface area contributed by atoms with Gasteiger partial charge in [-0.05, 0) is 6.92 Å². The quantitative estimate of drug-likeness (QED) is 0.675. The van der Waals surface area contributed by atoms with E-state index in [0.717, 1.165) is 0 Å². The van der Waals surface area contributed by atoms with Gasteiger partial charge in [0.05, 0.1) is 19.3 Å². The molecule has 2 bridgehead atoms. The number of rotatable bonds is 2. The summed E-state index contributed by atoms with van der Waals surface area (Å²) >= 11 is 0. The van der Waals surface area contributed by atoms with Gasteiger partial charge in [-0.25, -0.2) is 0 Å². The summed E-state index contributed by atoms with van der Waals surface area (Å²) in [5, 5.41) is 9.18. The molecule has 4 heteroatoms. The van der Waals surface area contributed by atoms with E-state index in [1.807, 2.05) is 6.92 Å². The number of aliphatic hydroxyl groups is 1. The number of aliphatic hydroxyl groups excluding tert-OH is 1. The molecule has 2 aliphatic rings. The third kappa shape index (κ3) is 1.29. The van der Waals surface area contributed by atoms with Crippen molar-refractivity contribution in [1.29, 1.82) is 0 Å². The van der Waals surface area contributed by atoms with E-state index < -0.39 is 5.60 Å². The predicted molar refractivity (Wildman–Crippen MR) is 47.6 cm³/mol. The maximum atomic E-state index is 9.18. The zero-order valence-corrected chi connectivity index (χ0v) is 7.32. The normalized spacial score (nSPS) is 47.8. The Labute approximate surface area is 78.8 Å². The topological polar surface area (TPSA) is 47.9 Å². The second kappa shape index (κ2) is 3.53. The van der Waals surface area contributed by atoms with Gasteiger partial charge >= 0.3 is 0 Å². The van der Waals surface area contributed by atoms with Crippen LogP contribution in [0.25, 0.3) is 0 Å². The van der Waals surface area contributed by atoms with Gasteiger partial charge < -0.3 is 19.3 Å². The summed E-state index contributed by atoms with van der Waals surface area (Å²) < 4.78 is 16.3. The molecule has 78 valence electrons. The van der Waals surface area contributed by atoms with Crippen molar-refractivity contribution < 1.29 is 19.3 Å². The molecule has 0 spiro atoms. The first kappa shape index (κ1) is 10.9. The second-order valence-electron chi connectivity index (χ2n) is 3.48. The van der Waals surface area contributed by atoms with E-state index in [0.29, 0.717) is 6.61 Å². The van der Waals surface area contributed by atoms with Gasteiger partial charge in [-0.3, -0.25) is 0 Å². The Bertz CT molecular complexity index is 184. The Morgan fingerprint density at radius 3 is 2.69 bits per heavy atom. The lowest BCUT2D eigenvalue weighted by Crippen LogP contribution is -2.45. The van der Waals surface area contributed by atoms with E-state index in [1.54, 1.807) is 7.11 Å². The Hall–Kier alpha value is -0.160. The molecule has 13 heavy (non-hydrogen) atoms. The average Bonchev–Trinajstić information content (AvgIpc) is 2.56. The molecule has 0 amide bonds. The van der Waals surface area contributed by atoms with Gasteiger partial charge in [0, 0.05) is 7.11 Å². The van der Waals surface area contributed by atoms with Crippen molar-refractivity contribution in [2.75, 3.05) is 20.3 Å². The Kier molecular flexibility index (Phi) is 2.97. The van der Waals surface area contributed by atoms with Crippen LogP contribution in [-0.2, 0) is 14.2 Å². The van der Waals surface area contributed by atoms with Crippen LogP contribution < -0.4 is 0 Å². The molecule has 0 radical (unpaired) electrons. The highest BCUT2D eigenvalue weighted by molar-refractivity contribution is 5.07. The van der Waals surface area contributed by atoms with Gasteiger partial charge in [0.2, 0.25) is 0 Å². The van der Waals surface area contributed by atoms with Crippen molar-refractivity contribution in [3.8, 4) is 0 Å². The SMILES string of the molecule is C.CO[C@@H]1C2OC[C@]1(CO)O[C@H]2C. The van der Waals surface area contributed by atoms with E-state index in [-0.39, 0.29) is 32.3 Å². The molecule has 0 aromatic heterocycles. The van der Waals surface area contributed by atoms with E-state index in [2.05, 4.69) is 0 Å². The van der Waals surface area contributed by atoms with Gasteiger partial charge in [0.25, 0.3) is 0 Å². The molecule has 2 rings (SSSR count). The van der Waals surface area contributed by atoms with Crippen molar-refractivity contribution in [3.05, 3.63) is 0 Å². The van der Waals surface area contributed by atoms with Crippen LogP contribution in [0.4, 0.5) is 0 Å². The standard InChI is InChI=1S/C8H14O4.CH4/c1-5-6-7(10-2)8(3-9,12-5)4-11-6;/h5-7,9H,3-4H2,1-2H3;1H4/t5-,6?,7+,8-;/m0./s1. The van der Waals surface area contributed by atoms with Crippen LogP contribution in [0.5, 0.6) is 0 Å². The number of ether oxygens (including phenoxy) is 3. The lowest BCUT2D eigenvalue weighted by atomic mass is 10.00. The largest absolute Gasteiger partial charge is 0.393 e. The highest BCUT2D eigenvalue weighted by Crippen LogP contribution is 2.40. The summed E-state index contributed by atoms with van der Waals surface area (Å²) in [5.41, 5.74) is -0.598. The maximum Gasteiger partial charge on any atom is 0.143 e. The minimum atomic E-state index is -0.598. The van der Waals surface area contributed by atoms with Crippen LogP contribution in [-0.4, -0.2) is 49.3 Å². The number of hydrogen-bond acceptors (Lipinski definition) is 4. The second-order valence-corrected chi connectivity index (χ2v) is 3.48. The molecule has 0 saturated carbocycles. The molecular formula is C9H18O4. The molecule has 4 nitrogen and oxygen atoms in total. The summed E-state index contributed by atoms with van der Waals surface area (Å²) in [6.07, 6.45) is -0.101. The highest BCUT2D eigenvalue weighted by atomic mass is 16.7. The molecule has 4 atom stereocenters. The minimum absolute atomic E-state index is 0. The average molecular weight is 190 g/mol. The van der Waals surface area contributed by atoms with E-state index in [1.165, 1.54) is 0 Å². The number of methoxy groups -OCH3 is 1. The van der Waals surface area contributed by atoms with E-state index >= 15 is 0 Å². The Balaban J connectivity index is 0.000000845. The predicted octanol–water partition coefficient (Wildman–Crippen LogP) is 0.186. The molecule has 0 aromatic carbocycles. The third-order valence-corrected chi connectivity index (χ3v) is 2.74. The first-order valence-corrected chi connectivity index (χ1v) is 4.16. The lowest BCUT2D eigenvalue weighted by molar-refractivity contribution is -0.156. The molecule has 2 saturated heterocycles. The third-order valence-electron chi connectivity index (χ3n) is 2.74. The van der Waals surface area contributed by atoms with Gasteiger partial charge in [0.1, 0.15) is 17.8 Å². The molecule has 1 unspecified atom stereocenters. The molecule has 2 aliphatic heterocycles. The monoisotopic (exact) mass is 190 g/mol. The van der Waals surface area contributed by atoms with Crippen LogP contribution in [0.1, 0.15) is 14.4 Å². The van der Waals surface area contributed by atoms with Crippen molar-refractivity contribution in [2.45, 2.75) is 38.3 Å².